The number of rotatable bonds is 6. The summed E-state index contributed by atoms with van der Waals surface area (Å²) in [6.45, 7) is 1.90. The van der Waals surface area contributed by atoms with E-state index in [9.17, 15) is 0 Å². The summed E-state index contributed by atoms with van der Waals surface area (Å²) in [7, 11) is 4.14. The van der Waals surface area contributed by atoms with Crippen LogP contribution in [-0.2, 0) is 0 Å². The lowest BCUT2D eigenvalue weighted by Crippen LogP contribution is -2.16. The number of aromatic nitrogens is 5. The lowest BCUT2D eigenvalue weighted by atomic mass is 10.3. The molecular weight excluding hydrogens is 278 g/mol. The molecule has 0 saturated carbocycles. The van der Waals surface area contributed by atoms with Gasteiger partial charge in [-0.15, -0.1) is 0 Å². The van der Waals surface area contributed by atoms with Crippen LogP contribution >= 0.6 is 0 Å². The molecule has 22 heavy (non-hydrogen) atoms. The Kier molecular flexibility index (Phi) is 4.24. The van der Waals surface area contributed by atoms with Gasteiger partial charge in [0, 0.05) is 12.7 Å². The van der Waals surface area contributed by atoms with E-state index in [2.05, 4.69) is 44.4 Å². The van der Waals surface area contributed by atoms with E-state index in [0.717, 1.165) is 42.2 Å². The molecule has 0 bridgehead atoms. The second-order valence-electron chi connectivity index (χ2n) is 5.29. The highest BCUT2D eigenvalue weighted by Crippen LogP contribution is 2.20. The van der Waals surface area contributed by atoms with E-state index in [1.54, 1.807) is 23.4 Å². The molecule has 0 saturated heterocycles. The Labute approximate surface area is 129 Å². The predicted octanol–water partition coefficient (Wildman–Crippen LogP) is 1.57. The quantitative estimate of drug-likeness (QED) is 0.696. The fourth-order valence-corrected chi connectivity index (χ4v) is 2.23. The van der Waals surface area contributed by atoms with E-state index >= 15 is 0 Å². The van der Waals surface area contributed by atoms with E-state index in [4.69, 9.17) is 0 Å². The molecule has 0 aliphatic carbocycles. The molecule has 3 aromatic rings. The van der Waals surface area contributed by atoms with Gasteiger partial charge in [0.1, 0.15) is 12.1 Å². The van der Waals surface area contributed by atoms with Gasteiger partial charge in [0.25, 0.3) is 0 Å². The van der Waals surface area contributed by atoms with Gasteiger partial charge in [-0.25, -0.2) is 15.0 Å². The number of nitrogens with zero attached hydrogens (tertiary/aromatic N) is 6. The van der Waals surface area contributed by atoms with Gasteiger partial charge < -0.3 is 10.2 Å². The molecule has 0 unspecified atom stereocenters. The topological polar surface area (TPSA) is 71.8 Å². The van der Waals surface area contributed by atoms with E-state index in [0.29, 0.717) is 0 Å². The maximum Gasteiger partial charge on any atom is 0.170 e. The molecule has 0 amide bonds. The fourth-order valence-electron chi connectivity index (χ4n) is 2.23. The molecule has 0 aromatic carbocycles. The van der Waals surface area contributed by atoms with E-state index in [-0.39, 0.29) is 0 Å². The second kappa shape index (κ2) is 6.48. The van der Waals surface area contributed by atoms with Gasteiger partial charge >= 0.3 is 0 Å². The van der Waals surface area contributed by atoms with Crippen LogP contribution in [0.2, 0.25) is 0 Å². The van der Waals surface area contributed by atoms with Gasteiger partial charge in [-0.2, -0.15) is 9.78 Å². The highest BCUT2D eigenvalue weighted by atomic mass is 15.3. The zero-order valence-electron chi connectivity index (χ0n) is 12.8. The number of fused-ring (bicyclic) bond motifs is 1. The number of anilines is 1. The summed E-state index contributed by atoms with van der Waals surface area (Å²) in [6.07, 6.45) is 6.12. The average molecular weight is 297 g/mol. The summed E-state index contributed by atoms with van der Waals surface area (Å²) in [5.74, 6) is 1.56. The van der Waals surface area contributed by atoms with Crippen LogP contribution in [-0.4, -0.2) is 56.8 Å². The lowest BCUT2D eigenvalue weighted by molar-refractivity contribution is 0.405. The van der Waals surface area contributed by atoms with Crippen molar-refractivity contribution in [1.29, 1.82) is 0 Å². The van der Waals surface area contributed by atoms with Crippen molar-refractivity contribution in [2.24, 2.45) is 0 Å². The monoisotopic (exact) mass is 297 g/mol. The Bertz CT molecular complexity index is 736. The standard InChI is InChI=1S/C15H19N7/c1-21(2)9-5-8-17-14-12-10-20-22(15(12)19-11-18-14)13-6-3-4-7-16-13/h3-4,6-7,10-11H,5,8-9H2,1-2H3,(H,17,18,19). The molecule has 0 spiro atoms. The summed E-state index contributed by atoms with van der Waals surface area (Å²) >= 11 is 0. The minimum Gasteiger partial charge on any atom is -0.369 e. The van der Waals surface area contributed by atoms with Gasteiger partial charge in [-0.3, -0.25) is 0 Å². The molecule has 0 atom stereocenters. The minimum atomic E-state index is 0.745. The van der Waals surface area contributed by atoms with Crippen molar-refractivity contribution < 1.29 is 0 Å². The smallest absolute Gasteiger partial charge is 0.170 e. The van der Waals surface area contributed by atoms with Crippen LogP contribution in [0.3, 0.4) is 0 Å². The lowest BCUT2D eigenvalue weighted by Gasteiger charge is -2.10. The molecular formula is C15H19N7. The van der Waals surface area contributed by atoms with Crippen molar-refractivity contribution in [1.82, 2.24) is 29.6 Å². The molecule has 1 N–H and O–H groups in total. The van der Waals surface area contributed by atoms with Crippen LogP contribution in [0.25, 0.3) is 16.9 Å². The van der Waals surface area contributed by atoms with Crippen LogP contribution in [0.15, 0.2) is 36.9 Å². The van der Waals surface area contributed by atoms with Crippen LogP contribution in [0.5, 0.6) is 0 Å². The number of hydrogen-bond donors (Lipinski definition) is 1. The van der Waals surface area contributed by atoms with Gasteiger partial charge in [0.15, 0.2) is 11.5 Å². The molecule has 0 radical (unpaired) electrons. The van der Waals surface area contributed by atoms with Crippen LogP contribution in [0.1, 0.15) is 6.42 Å². The summed E-state index contributed by atoms with van der Waals surface area (Å²) in [6, 6.07) is 5.71. The molecule has 7 heteroatoms. The first-order valence-corrected chi connectivity index (χ1v) is 7.24. The normalized spacial score (nSPS) is 11.2. The molecule has 0 fully saturated rings. The van der Waals surface area contributed by atoms with Crippen molar-refractivity contribution in [2.45, 2.75) is 6.42 Å². The van der Waals surface area contributed by atoms with Crippen molar-refractivity contribution in [2.75, 3.05) is 32.5 Å². The van der Waals surface area contributed by atoms with Crippen molar-refractivity contribution >= 4 is 16.9 Å². The Hall–Kier alpha value is -2.54. The number of hydrogen-bond acceptors (Lipinski definition) is 6. The van der Waals surface area contributed by atoms with E-state index < -0.39 is 0 Å². The summed E-state index contributed by atoms with van der Waals surface area (Å²) in [5, 5.41) is 8.64. The molecule has 114 valence electrons. The third-order valence-electron chi connectivity index (χ3n) is 3.31. The van der Waals surface area contributed by atoms with Gasteiger partial charge in [-0.05, 0) is 39.2 Å². The Morgan fingerprint density at radius 2 is 2.09 bits per heavy atom. The Morgan fingerprint density at radius 1 is 1.18 bits per heavy atom. The average Bonchev–Trinajstić information content (AvgIpc) is 2.97. The molecule has 3 aromatic heterocycles. The van der Waals surface area contributed by atoms with Crippen molar-refractivity contribution in [3.8, 4) is 5.82 Å². The summed E-state index contributed by atoms with van der Waals surface area (Å²) < 4.78 is 1.72. The van der Waals surface area contributed by atoms with Crippen molar-refractivity contribution in [3.63, 3.8) is 0 Å². The molecule has 3 rings (SSSR count). The number of pyridine rings is 1. The SMILES string of the molecule is CN(C)CCCNc1ncnc2c1cnn2-c1ccccn1. The predicted molar refractivity (Wildman–Crippen MR) is 86.1 cm³/mol. The maximum atomic E-state index is 4.39. The van der Waals surface area contributed by atoms with Gasteiger partial charge in [0.2, 0.25) is 0 Å². The molecule has 0 aliphatic rings. The number of nitrogens with one attached hydrogen (secondary N) is 1. The second-order valence-corrected chi connectivity index (χ2v) is 5.29. The molecule has 7 nitrogen and oxygen atoms in total. The minimum absolute atomic E-state index is 0.745. The van der Waals surface area contributed by atoms with Crippen LogP contribution < -0.4 is 5.32 Å². The first kappa shape index (κ1) is 14.4. The highest BCUT2D eigenvalue weighted by molar-refractivity contribution is 5.86. The first-order valence-electron chi connectivity index (χ1n) is 7.24. The van der Waals surface area contributed by atoms with Crippen molar-refractivity contribution in [3.05, 3.63) is 36.9 Å². The third kappa shape index (κ3) is 3.04. The zero-order valence-corrected chi connectivity index (χ0v) is 12.8. The maximum absolute atomic E-state index is 4.39. The van der Waals surface area contributed by atoms with E-state index in [1.165, 1.54) is 0 Å². The van der Waals surface area contributed by atoms with Gasteiger partial charge in [0.05, 0.1) is 11.6 Å². The first-order chi connectivity index (χ1) is 10.8. The molecule has 0 aliphatic heterocycles. The summed E-state index contributed by atoms with van der Waals surface area (Å²) in [5.41, 5.74) is 0.754. The fraction of sp³-hybridized carbons (Fsp3) is 0.333. The Morgan fingerprint density at radius 3 is 2.86 bits per heavy atom. The van der Waals surface area contributed by atoms with Crippen LogP contribution in [0, 0.1) is 0 Å². The molecule has 3 heterocycles. The van der Waals surface area contributed by atoms with Gasteiger partial charge in [-0.1, -0.05) is 6.07 Å². The zero-order chi connectivity index (χ0) is 15.4. The Balaban J connectivity index is 1.83. The summed E-state index contributed by atoms with van der Waals surface area (Å²) in [4.78, 5) is 15.1. The van der Waals surface area contributed by atoms with E-state index in [1.807, 2.05) is 18.2 Å². The largest absolute Gasteiger partial charge is 0.369 e. The third-order valence-corrected chi connectivity index (χ3v) is 3.31. The van der Waals surface area contributed by atoms with Crippen LogP contribution in [0.4, 0.5) is 5.82 Å². The highest BCUT2D eigenvalue weighted by Gasteiger charge is 2.11.